The molecule has 4 nitrogen and oxygen atoms in total. The molecule has 0 bridgehead atoms. The quantitative estimate of drug-likeness (QED) is 0.865. The predicted octanol–water partition coefficient (Wildman–Crippen LogP) is 3.20. The smallest absolute Gasteiger partial charge is 0.339 e. The van der Waals surface area contributed by atoms with Gasteiger partial charge in [0, 0.05) is 12.1 Å². The summed E-state index contributed by atoms with van der Waals surface area (Å²) in [6.07, 6.45) is -0.630. The summed E-state index contributed by atoms with van der Waals surface area (Å²) in [7, 11) is 0. The van der Waals surface area contributed by atoms with E-state index in [0.717, 1.165) is 11.6 Å². The molecule has 1 N–H and O–H groups in total. The van der Waals surface area contributed by atoms with Crippen LogP contribution in [0, 0.1) is 5.82 Å². The highest BCUT2D eigenvalue weighted by molar-refractivity contribution is 6.31. The Hall–Kier alpha value is -2.40. The van der Waals surface area contributed by atoms with Gasteiger partial charge in [0.1, 0.15) is 5.82 Å². The number of fused-ring (bicyclic) bond motifs is 1. The van der Waals surface area contributed by atoms with Crippen molar-refractivity contribution in [3.63, 3.8) is 0 Å². The van der Waals surface area contributed by atoms with Crippen molar-refractivity contribution in [2.24, 2.45) is 0 Å². The normalized spacial score (nSPS) is 16.6. The predicted molar refractivity (Wildman–Crippen MR) is 79.4 cm³/mol. The van der Waals surface area contributed by atoms with Crippen LogP contribution in [-0.4, -0.2) is 18.0 Å². The highest BCUT2D eigenvalue weighted by Gasteiger charge is 2.31. The summed E-state index contributed by atoms with van der Waals surface area (Å²) in [5.41, 5.74) is 1.57. The third kappa shape index (κ3) is 2.80. The molecule has 1 unspecified atom stereocenters. The van der Waals surface area contributed by atoms with Crippen molar-refractivity contribution in [3.8, 4) is 0 Å². The molecule has 1 amide bonds. The fourth-order valence-corrected chi connectivity index (χ4v) is 2.45. The third-order valence-electron chi connectivity index (χ3n) is 3.37. The summed E-state index contributed by atoms with van der Waals surface area (Å²) in [6, 6.07) is 10.8. The minimum atomic E-state index is -0.925. The number of cyclic esters (lactones) is 1. The lowest BCUT2D eigenvalue weighted by molar-refractivity contribution is -0.125. The van der Waals surface area contributed by atoms with Gasteiger partial charge in [0.15, 0.2) is 6.10 Å². The number of nitrogens with one attached hydrogen (secondary N) is 1. The second-order valence-corrected chi connectivity index (χ2v) is 5.28. The zero-order chi connectivity index (χ0) is 15.7. The lowest BCUT2D eigenvalue weighted by Gasteiger charge is -2.23. The Morgan fingerprint density at radius 3 is 2.82 bits per heavy atom. The largest absolute Gasteiger partial charge is 0.448 e. The van der Waals surface area contributed by atoms with E-state index in [4.69, 9.17) is 16.3 Å². The minimum Gasteiger partial charge on any atom is -0.448 e. The van der Waals surface area contributed by atoms with Gasteiger partial charge in [0.25, 0.3) is 5.91 Å². The first-order valence-electron chi connectivity index (χ1n) is 6.59. The molecule has 6 heteroatoms. The van der Waals surface area contributed by atoms with E-state index in [2.05, 4.69) is 5.32 Å². The zero-order valence-electron chi connectivity index (χ0n) is 11.3. The van der Waals surface area contributed by atoms with Crippen LogP contribution < -0.4 is 5.32 Å². The molecule has 1 aliphatic rings. The molecule has 0 radical (unpaired) electrons. The molecule has 3 rings (SSSR count). The molecule has 0 saturated carbocycles. The van der Waals surface area contributed by atoms with Crippen LogP contribution in [-0.2, 0) is 16.0 Å². The second-order valence-electron chi connectivity index (χ2n) is 4.87. The summed E-state index contributed by atoms with van der Waals surface area (Å²) in [6.45, 7) is 0. The Morgan fingerprint density at radius 2 is 2.05 bits per heavy atom. The van der Waals surface area contributed by atoms with Gasteiger partial charge < -0.3 is 10.1 Å². The van der Waals surface area contributed by atoms with Crippen molar-refractivity contribution in [2.75, 3.05) is 5.32 Å². The number of halogens is 2. The van der Waals surface area contributed by atoms with Crippen molar-refractivity contribution in [1.82, 2.24) is 0 Å². The molecular weight excluding hydrogens is 309 g/mol. The van der Waals surface area contributed by atoms with Gasteiger partial charge in [-0.15, -0.1) is 0 Å². The molecule has 1 aliphatic heterocycles. The molecule has 1 heterocycles. The van der Waals surface area contributed by atoms with E-state index in [1.165, 1.54) is 12.1 Å². The van der Waals surface area contributed by atoms with Crippen LogP contribution in [0.1, 0.15) is 15.9 Å². The summed E-state index contributed by atoms with van der Waals surface area (Å²) >= 11 is 5.66. The van der Waals surface area contributed by atoms with E-state index in [1.807, 2.05) is 0 Å². The van der Waals surface area contributed by atoms with Crippen molar-refractivity contribution in [2.45, 2.75) is 12.5 Å². The summed E-state index contributed by atoms with van der Waals surface area (Å²) < 4.78 is 18.2. The highest BCUT2D eigenvalue weighted by atomic mass is 35.5. The van der Waals surface area contributed by atoms with Crippen LogP contribution in [0.4, 0.5) is 10.1 Å². The molecule has 2 aromatic carbocycles. The fraction of sp³-hybridized carbons (Fsp3) is 0.125. The molecular formula is C16H11ClFNO3. The number of carbonyl (C=O) groups is 2. The number of benzene rings is 2. The lowest BCUT2D eigenvalue weighted by Crippen LogP contribution is -2.37. The topological polar surface area (TPSA) is 55.4 Å². The molecule has 0 aliphatic carbocycles. The number of esters is 1. The summed E-state index contributed by atoms with van der Waals surface area (Å²) in [4.78, 5) is 24.1. The maximum Gasteiger partial charge on any atom is 0.339 e. The Kier molecular flexibility index (Phi) is 3.81. The third-order valence-corrected chi connectivity index (χ3v) is 3.66. The number of ether oxygens (including phenoxy) is 1. The van der Waals surface area contributed by atoms with Gasteiger partial charge in [-0.05, 0) is 29.8 Å². The van der Waals surface area contributed by atoms with Gasteiger partial charge in [-0.2, -0.15) is 0 Å². The first-order chi connectivity index (χ1) is 10.5. The second kappa shape index (κ2) is 5.77. The molecule has 1 atom stereocenters. The van der Waals surface area contributed by atoms with Crippen LogP contribution in [0.5, 0.6) is 0 Å². The van der Waals surface area contributed by atoms with E-state index in [9.17, 15) is 14.0 Å². The Labute approximate surface area is 130 Å². The number of hydrogen-bond donors (Lipinski definition) is 1. The van der Waals surface area contributed by atoms with Crippen LogP contribution >= 0.6 is 11.6 Å². The van der Waals surface area contributed by atoms with Crippen molar-refractivity contribution >= 4 is 29.2 Å². The van der Waals surface area contributed by atoms with Gasteiger partial charge in [-0.3, -0.25) is 4.79 Å². The average Bonchev–Trinajstić information content (AvgIpc) is 2.51. The number of carbonyl (C=O) groups excluding carboxylic acids is 2. The molecule has 112 valence electrons. The molecule has 0 saturated heterocycles. The van der Waals surface area contributed by atoms with E-state index in [1.54, 1.807) is 24.3 Å². The average molecular weight is 320 g/mol. The molecule has 0 aromatic heterocycles. The minimum absolute atomic E-state index is 0.0937. The van der Waals surface area contributed by atoms with E-state index < -0.39 is 23.8 Å². The van der Waals surface area contributed by atoms with Crippen LogP contribution in [0.25, 0.3) is 0 Å². The highest BCUT2D eigenvalue weighted by Crippen LogP contribution is 2.23. The monoisotopic (exact) mass is 319 g/mol. The number of rotatable bonds is 2. The van der Waals surface area contributed by atoms with E-state index in [-0.39, 0.29) is 5.02 Å². The standard InChI is InChI=1S/C16H11ClFNO3/c17-12-8-10(5-6-13(12)18)19-15(20)14-7-9-3-1-2-4-11(9)16(21)22-14/h1-6,8,14H,7H2,(H,19,20). The van der Waals surface area contributed by atoms with Gasteiger partial charge in [0.2, 0.25) is 0 Å². The number of anilines is 1. The first kappa shape index (κ1) is 14.5. The molecule has 0 fully saturated rings. The van der Waals surface area contributed by atoms with Gasteiger partial charge in [-0.25, -0.2) is 9.18 Å². The summed E-state index contributed by atoms with van der Waals surface area (Å²) in [5.74, 6) is -1.58. The first-order valence-corrected chi connectivity index (χ1v) is 6.97. The maximum absolute atomic E-state index is 13.1. The molecule has 2 aromatic rings. The Bertz CT molecular complexity index is 763. The van der Waals surface area contributed by atoms with Crippen LogP contribution in [0.2, 0.25) is 5.02 Å². The van der Waals surface area contributed by atoms with E-state index >= 15 is 0 Å². The van der Waals surface area contributed by atoms with Crippen molar-refractivity contribution in [1.29, 1.82) is 0 Å². The van der Waals surface area contributed by atoms with Gasteiger partial charge in [0.05, 0.1) is 10.6 Å². The summed E-state index contributed by atoms with van der Waals surface area (Å²) in [5, 5.41) is 2.47. The van der Waals surface area contributed by atoms with Gasteiger partial charge in [-0.1, -0.05) is 29.8 Å². The Balaban J connectivity index is 1.76. The zero-order valence-corrected chi connectivity index (χ0v) is 12.1. The SMILES string of the molecule is O=C1OC(C(=O)Nc2ccc(F)c(Cl)c2)Cc2ccccc21. The maximum atomic E-state index is 13.1. The molecule has 0 spiro atoms. The number of hydrogen-bond acceptors (Lipinski definition) is 3. The molecule has 22 heavy (non-hydrogen) atoms. The van der Waals surface area contributed by atoms with Crippen molar-refractivity contribution in [3.05, 3.63) is 64.4 Å². The lowest BCUT2D eigenvalue weighted by atomic mass is 9.98. The van der Waals surface area contributed by atoms with Crippen molar-refractivity contribution < 1.29 is 18.7 Å². The van der Waals surface area contributed by atoms with E-state index in [0.29, 0.717) is 17.7 Å². The van der Waals surface area contributed by atoms with Crippen LogP contribution in [0.15, 0.2) is 42.5 Å². The number of amides is 1. The Morgan fingerprint density at radius 1 is 1.27 bits per heavy atom. The fourth-order valence-electron chi connectivity index (χ4n) is 2.27. The van der Waals surface area contributed by atoms with Crippen LogP contribution in [0.3, 0.4) is 0 Å². The van der Waals surface area contributed by atoms with Gasteiger partial charge >= 0.3 is 5.97 Å².